The second-order valence-corrected chi connectivity index (χ2v) is 10.1. The lowest BCUT2D eigenvalue weighted by Crippen LogP contribution is -2.58. The van der Waals surface area contributed by atoms with Crippen LogP contribution in [0.4, 0.5) is 15.3 Å². The zero-order valence-corrected chi connectivity index (χ0v) is 21.3. The molecule has 5 rings (SSSR count). The maximum atomic E-state index is 14.1. The molecule has 0 bridgehead atoms. The zero-order chi connectivity index (χ0) is 28.4. The molecule has 0 spiro atoms. The highest BCUT2D eigenvalue weighted by Gasteiger charge is 2.66. The molecule has 6 N–H and O–H groups in total. The van der Waals surface area contributed by atoms with Crippen LogP contribution in [-0.4, -0.2) is 58.9 Å². The topological polar surface area (TPSA) is 193 Å². The molecule has 1 fully saturated rings. The summed E-state index contributed by atoms with van der Waals surface area (Å²) in [7, 11) is 0. The second-order valence-electron chi connectivity index (χ2n) is 10.1. The Morgan fingerprint density at radius 2 is 1.85 bits per heavy atom. The number of hydrogen-bond donors (Lipinski definition) is 5. The maximum Gasteiger partial charge on any atom is 0.408 e. The third-order valence-electron chi connectivity index (χ3n) is 7.33. The summed E-state index contributed by atoms with van der Waals surface area (Å²) in [5.41, 5.74) is 8.84. The molecule has 5 amide bonds. The number of nitrogens with two attached hydrogens (primary N) is 1. The van der Waals surface area contributed by atoms with Crippen LogP contribution in [0.5, 0.6) is 0 Å². The van der Waals surface area contributed by atoms with Gasteiger partial charge in [0.1, 0.15) is 18.2 Å². The largest absolute Gasteiger partial charge is 0.481 e. The predicted molar refractivity (Wildman–Crippen MR) is 141 cm³/mol. The minimum absolute atomic E-state index is 0.0395. The van der Waals surface area contributed by atoms with Crippen molar-refractivity contribution in [1.29, 1.82) is 0 Å². The van der Waals surface area contributed by atoms with Crippen molar-refractivity contribution >= 4 is 41.8 Å². The van der Waals surface area contributed by atoms with Crippen LogP contribution in [0.15, 0.2) is 53.6 Å². The number of fused-ring (bicyclic) bond motifs is 1. The number of carbonyl (C=O) groups excluding carboxylic acids is 4. The van der Waals surface area contributed by atoms with Gasteiger partial charge in [0, 0.05) is 12.6 Å². The number of primary amides is 1. The number of hydrazone groups is 1. The Morgan fingerprint density at radius 3 is 2.55 bits per heavy atom. The fraction of sp³-hybridized carbons (Fsp3) is 0.333. The number of carboxylic acid groups (broad SMARTS) is 1. The Balaban J connectivity index is 1.36. The average molecular weight is 549 g/mol. The number of alkyl carbamates (subject to hydrolysis) is 1. The average Bonchev–Trinajstić information content (AvgIpc) is 3.45. The Bertz CT molecular complexity index is 1400. The van der Waals surface area contributed by atoms with Crippen molar-refractivity contribution in [2.75, 3.05) is 4.90 Å². The van der Waals surface area contributed by atoms with E-state index >= 15 is 0 Å². The molecule has 2 aromatic carbocycles. The number of carbonyl (C=O) groups is 5. The number of amides is 5. The quantitative estimate of drug-likeness (QED) is 0.226. The number of ether oxygens (including phenoxy) is 1. The van der Waals surface area contributed by atoms with Crippen LogP contribution in [0.25, 0.3) is 0 Å². The van der Waals surface area contributed by atoms with Crippen LogP contribution < -0.4 is 26.7 Å². The summed E-state index contributed by atoms with van der Waals surface area (Å²) in [5.74, 6) is -2.40. The van der Waals surface area contributed by atoms with Crippen molar-refractivity contribution in [1.82, 2.24) is 16.1 Å². The highest BCUT2D eigenvalue weighted by molar-refractivity contribution is 6.11. The van der Waals surface area contributed by atoms with Gasteiger partial charge in [0.2, 0.25) is 5.91 Å². The van der Waals surface area contributed by atoms with E-state index in [9.17, 15) is 29.1 Å². The molecule has 2 aromatic rings. The monoisotopic (exact) mass is 548 g/mol. The number of rotatable bonds is 9. The molecule has 1 saturated carbocycles. The van der Waals surface area contributed by atoms with Gasteiger partial charge in [-0.1, -0.05) is 48.5 Å². The van der Waals surface area contributed by atoms with Crippen LogP contribution >= 0.6 is 0 Å². The van der Waals surface area contributed by atoms with E-state index in [1.165, 1.54) is 4.90 Å². The number of carboxylic acids is 1. The summed E-state index contributed by atoms with van der Waals surface area (Å²) >= 11 is 0. The number of nitrogens with zero attached hydrogens (tertiary/aromatic N) is 2. The molecular formula is C27H28N6O7. The summed E-state index contributed by atoms with van der Waals surface area (Å²) in [6, 6.07) is 11.7. The maximum absolute atomic E-state index is 14.1. The first-order valence-electron chi connectivity index (χ1n) is 12.7. The molecule has 13 nitrogen and oxygen atoms in total. The van der Waals surface area contributed by atoms with Crippen molar-refractivity contribution < 1.29 is 33.8 Å². The molecule has 1 unspecified atom stereocenters. The highest BCUT2D eigenvalue weighted by Crippen LogP contribution is 2.53. The van der Waals surface area contributed by atoms with Gasteiger partial charge in [-0.3, -0.25) is 19.3 Å². The van der Waals surface area contributed by atoms with Crippen molar-refractivity contribution in [2.24, 2.45) is 16.8 Å². The van der Waals surface area contributed by atoms with Gasteiger partial charge in [-0.05, 0) is 35.4 Å². The van der Waals surface area contributed by atoms with Crippen molar-refractivity contribution in [3.63, 3.8) is 0 Å². The lowest BCUT2D eigenvalue weighted by atomic mass is 10.0. The number of para-hydroxylation sites is 1. The number of benzene rings is 2. The summed E-state index contributed by atoms with van der Waals surface area (Å²) < 4.78 is 5.38. The standard InChI is InChI=1S/C27H28N6O7/c28-25(38)32-29-13-19(11-21(34)35)30-23(36)20-10-17-8-4-7-16-9-18-12-27(18,24(37)33(20)22(16)17)31-26(39)40-14-15-5-2-1-3-6-15/h1-8,13,18-20H,9-12,14H2,(H,30,36)(H,31,39)(H,34,35)(H3,28,32,38)/b29-13+/t18-,19+,20+,27?/m1/s1. The van der Waals surface area contributed by atoms with Gasteiger partial charge < -0.3 is 26.2 Å². The minimum Gasteiger partial charge on any atom is -0.481 e. The van der Waals surface area contributed by atoms with Crippen molar-refractivity contribution in [3.05, 3.63) is 65.2 Å². The first kappa shape index (κ1) is 26.7. The second kappa shape index (κ2) is 10.7. The van der Waals surface area contributed by atoms with Gasteiger partial charge in [0.05, 0.1) is 18.2 Å². The molecule has 208 valence electrons. The fourth-order valence-corrected chi connectivity index (χ4v) is 5.46. The molecule has 2 heterocycles. The van der Waals surface area contributed by atoms with Crippen LogP contribution in [0.3, 0.4) is 0 Å². The molecule has 1 aliphatic carbocycles. The molecule has 13 heteroatoms. The molecular weight excluding hydrogens is 520 g/mol. The third-order valence-corrected chi connectivity index (χ3v) is 7.33. The smallest absolute Gasteiger partial charge is 0.408 e. The fourth-order valence-electron chi connectivity index (χ4n) is 5.46. The third kappa shape index (κ3) is 5.30. The highest BCUT2D eigenvalue weighted by atomic mass is 16.5. The predicted octanol–water partition coefficient (Wildman–Crippen LogP) is 0.799. The van der Waals surface area contributed by atoms with E-state index in [0.29, 0.717) is 18.5 Å². The molecule has 0 aromatic heterocycles. The van der Waals surface area contributed by atoms with E-state index in [4.69, 9.17) is 10.5 Å². The molecule has 0 radical (unpaired) electrons. The SMILES string of the molecule is NC(=O)N/N=C/[C@H](CC(=O)O)NC(=O)[C@@H]1Cc2cccc3c2N1C(=O)C1(NC(=O)OCc2ccccc2)C[C@H]1C3. The Labute approximate surface area is 228 Å². The van der Waals surface area contributed by atoms with Gasteiger partial charge in [-0.15, -0.1) is 0 Å². The van der Waals surface area contributed by atoms with Gasteiger partial charge in [-0.25, -0.2) is 15.0 Å². The van der Waals surface area contributed by atoms with E-state index in [0.717, 1.165) is 22.9 Å². The number of aliphatic carboxylic acids is 1. The first-order chi connectivity index (χ1) is 19.2. The van der Waals surface area contributed by atoms with Crippen molar-refractivity contribution in [2.45, 2.75) is 49.9 Å². The van der Waals surface area contributed by atoms with E-state index in [1.807, 2.05) is 54.0 Å². The summed E-state index contributed by atoms with van der Waals surface area (Å²) in [5, 5.41) is 18.2. The number of nitrogens with one attached hydrogen (secondary N) is 3. The first-order valence-corrected chi connectivity index (χ1v) is 12.7. The Hall–Kier alpha value is -4.94. The van der Waals surface area contributed by atoms with Crippen LogP contribution in [0.2, 0.25) is 0 Å². The summed E-state index contributed by atoms with van der Waals surface area (Å²) in [4.78, 5) is 64.0. The van der Waals surface area contributed by atoms with E-state index in [-0.39, 0.29) is 18.9 Å². The minimum atomic E-state index is -1.22. The number of anilines is 1. The van der Waals surface area contributed by atoms with Gasteiger partial charge in [0.15, 0.2) is 0 Å². The van der Waals surface area contributed by atoms with Crippen LogP contribution in [0.1, 0.15) is 29.5 Å². The van der Waals surface area contributed by atoms with E-state index in [1.54, 1.807) is 0 Å². The summed E-state index contributed by atoms with van der Waals surface area (Å²) in [6.45, 7) is 0.0395. The lowest BCUT2D eigenvalue weighted by Gasteiger charge is -2.29. The Kier molecular flexibility index (Phi) is 7.11. The van der Waals surface area contributed by atoms with Crippen LogP contribution in [-0.2, 0) is 38.6 Å². The van der Waals surface area contributed by atoms with E-state index in [2.05, 4.69) is 15.7 Å². The van der Waals surface area contributed by atoms with Gasteiger partial charge in [-0.2, -0.15) is 5.10 Å². The molecule has 2 aliphatic heterocycles. The molecule has 4 atom stereocenters. The van der Waals surface area contributed by atoms with Gasteiger partial charge >= 0.3 is 18.1 Å². The normalized spacial score (nSPS) is 22.9. The van der Waals surface area contributed by atoms with Gasteiger partial charge in [0.25, 0.3) is 5.91 Å². The zero-order valence-electron chi connectivity index (χ0n) is 21.3. The lowest BCUT2D eigenvalue weighted by molar-refractivity contribution is -0.137. The summed E-state index contributed by atoms with van der Waals surface area (Å²) in [6.07, 6.45) is 0.939. The number of urea groups is 1. The molecule has 0 saturated heterocycles. The molecule has 40 heavy (non-hydrogen) atoms. The number of hydrogen-bond acceptors (Lipinski definition) is 7. The van der Waals surface area contributed by atoms with E-state index < -0.39 is 54.0 Å². The Morgan fingerprint density at radius 1 is 1.12 bits per heavy atom. The molecule has 3 aliphatic rings. The van der Waals surface area contributed by atoms with Crippen LogP contribution in [0, 0.1) is 5.92 Å². The van der Waals surface area contributed by atoms with Crippen molar-refractivity contribution in [3.8, 4) is 0 Å².